The summed E-state index contributed by atoms with van der Waals surface area (Å²) in [6, 6.07) is 19.8. The van der Waals surface area contributed by atoms with Crippen LogP contribution < -0.4 is 10.6 Å². The van der Waals surface area contributed by atoms with E-state index in [1.54, 1.807) is 36.4 Å². The SMILES string of the molecule is C[C@H](NC(=O)c1ccccc1NC(=O)CSc1nnc(-c2ccco2)o1)c1ccccc1. The molecule has 0 spiro atoms. The fourth-order valence-electron chi connectivity index (χ4n) is 2.97. The zero-order chi connectivity index (χ0) is 22.3. The Balaban J connectivity index is 1.36. The van der Waals surface area contributed by atoms with Crippen LogP contribution in [0.2, 0.25) is 0 Å². The number of thioether (sulfide) groups is 1. The van der Waals surface area contributed by atoms with Crippen LogP contribution in [0.25, 0.3) is 11.7 Å². The lowest BCUT2D eigenvalue weighted by Crippen LogP contribution is -2.28. The predicted octanol–water partition coefficient (Wildman–Crippen LogP) is 4.55. The Labute approximate surface area is 188 Å². The Bertz CT molecular complexity index is 1190. The van der Waals surface area contributed by atoms with Gasteiger partial charge in [-0.1, -0.05) is 54.2 Å². The van der Waals surface area contributed by atoms with Crippen LogP contribution in [0.3, 0.4) is 0 Å². The number of hydrogen-bond donors (Lipinski definition) is 2. The second-order valence-electron chi connectivity index (χ2n) is 6.84. The molecule has 4 aromatic rings. The van der Waals surface area contributed by atoms with Gasteiger partial charge < -0.3 is 19.5 Å². The van der Waals surface area contributed by atoms with Crippen molar-refractivity contribution in [2.24, 2.45) is 0 Å². The number of aromatic nitrogens is 2. The largest absolute Gasteiger partial charge is 0.459 e. The standard InChI is InChI=1S/C23H20N4O4S/c1-15(16-8-3-2-4-9-16)24-21(29)17-10-5-6-11-18(17)25-20(28)14-32-23-27-26-22(31-23)19-12-7-13-30-19/h2-13,15H,14H2,1H3,(H,24,29)(H,25,28)/t15-/m0/s1. The van der Waals surface area contributed by atoms with Gasteiger partial charge in [0.15, 0.2) is 5.76 Å². The van der Waals surface area contributed by atoms with Gasteiger partial charge in [0.1, 0.15) is 0 Å². The van der Waals surface area contributed by atoms with Gasteiger partial charge in [-0.25, -0.2) is 0 Å². The van der Waals surface area contributed by atoms with Gasteiger partial charge in [-0.05, 0) is 36.8 Å². The molecule has 0 radical (unpaired) electrons. The van der Waals surface area contributed by atoms with E-state index in [4.69, 9.17) is 8.83 Å². The average Bonchev–Trinajstić information content (AvgIpc) is 3.51. The molecule has 32 heavy (non-hydrogen) atoms. The van der Waals surface area contributed by atoms with Crippen molar-refractivity contribution in [3.63, 3.8) is 0 Å². The zero-order valence-electron chi connectivity index (χ0n) is 17.1. The summed E-state index contributed by atoms with van der Waals surface area (Å²) in [7, 11) is 0. The number of rotatable bonds is 8. The maximum Gasteiger partial charge on any atom is 0.284 e. The first-order valence-corrected chi connectivity index (χ1v) is 10.8. The van der Waals surface area contributed by atoms with Gasteiger partial charge in [0.25, 0.3) is 17.0 Å². The number of anilines is 1. The van der Waals surface area contributed by atoms with Crippen LogP contribution in [-0.4, -0.2) is 27.8 Å². The van der Waals surface area contributed by atoms with Crippen molar-refractivity contribution in [3.8, 4) is 11.7 Å². The lowest BCUT2D eigenvalue weighted by Gasteiger charge is -2.16. The topological polar surface area (TPSA) is 110 Å². The Morgan fingerprint density at radius 1 is 1.00 bits per heavy atom. The molecule has 8 nitrogen and oxygen atoms in total. The molecule has 0 aliphatic rings. The second-order valence-corrected chi connectivity index (χ2v) is 7.77. The number of para-hydroxylation sites is 1. The smallest absolute Gasteiger partial charge is 0.284 e. The van der Waals surface area contributed by atoms with E-state index in [1.807, 2.05) is 37.3 Å². The van der Waals surface area contributed by atoms with Gasteiger partial charge in [0.05, 0.1) is 29.3 Å². The fraction of sp³-hybridized carbons (Fsp3) is 0.130. The van der Waals surface area contributed by atoms with Crippen LogP contribution in [0.15, 0.2) is 87.1 Å². The van der Waals surface area contributed by atoms with E-state index in [0.717, 1.165) is 17.3 Å². The zero-order valence-corrected chi connectivity index (χ0v) is 18.0. The monoisotopic (exact) mass is 448 g/mol. The number of nitrogens with one attached hydrogen (secondary N) is 2. The molecule has 1 atom stereocenters. The Morgan fingerprint density at radius 3 is 2.56 bits per heavy atom. The third kappa shape index (κ3) is 5.25. The molecule has 0 fully saturated rings. The molecule has 4 rings (SSSR count). The van der Waals surface area contributed by atoms with Crippen molar-refractivity contribution in [1.82, 2.24) is 15.5 Å². The average molecular weight is 449 g/mol. The third-order valence-corrected chi connectivity index (χ3v) is 5.38. The normalized spacial score (nSPS) is 11.7. The minimum Gasteiger partial charge on any atom is -0.459 e. The van der Waals surface area contributed by atoms with E-state index in [-0.39, 0.29) is 34.7 Å². The summed E-state index contributed by atoms with van der Waals surface area (Å²) < 4.78 is 10.7. The van der Waals surface area contributed by atoms with Crippen molar-refractivity contribution in [1.29, 1.82) is 0 Å². The molecular formula is C23H20N4O4S. The van der Waals surface area contributed by atoms with Crippen LogP contribution in [0, 0.1) is 0 Å². The van der Waals surface area contributed by atoms with E-state index < -0.39 is 0 Å². The van der Waals surface area contributed by atoms with Gasteiger partial charge in [-0.3, -0.25) is 9.59 Å². The summed E-state index contributed by atoms with van der Waals surface area (Å²) in [6.45, 7) is 1.91. The van der Waals surface area contributed by atoms with Crippen LogP contribution in [0.1, 0.15) is 28.9 Å². The van der Waals surface area contributed by atoms with E-state index in [9.17, 15) is 9.59 Å². The minimum absolute atomic E-state index is 0.0379. The predicted molar refractivity (Wildman–Crippen MR) is 120 cm³/mol. The van der Waals surface area contributed by atoms with Crippen molar-refractivity contribution in [2.75, 3.05) is 11.1 Å². The highest BCUT2D eigenvalue weighted by Gasteiger charge is 2.17. The molecular weight excluding hydrogens is 428 g/mol. The molecule has 0 unspecified atom stereocenters. The molecule has 0 saturated heterocycles. The Morgan fingerprint density at radius 2 is 1.78 bits per heavy atom. The molecule has 162 valence electrons. The highest BCUT2D eigenvalue weighted by molar-refractivity contribution is 7.99. The van der Waals surface area contributed by atoms with Crippen molar-refractivity contribution >= 4 is 29.3 Å². The summed E-state index contributed by atoms with van der Waals surface area (Å²) in [5.41, 5.74) is 1.80. The van der Waals surface area contributed by atoms with Crippen LogP contribution >= 0.6 is 11.8 Å². The molecule has 0 aliphatic carbocycles. The lowest BCUT2D eigenvalue weighted by molar-refractivity contribution is -0.113. The molecule has 0 saturated carbocycles. The third-order valence-electron chi connectivity index (χ3n) is 4.56. The molecule has 2 heterocycles. The number of carbonyl (C=O) groups excluding carboxylic acids is 2. The molecule has 9 heteroatoms. The van der Waals surface area contributed by atoms with E-state index in [1.165, 1.54) is 6.26 Å². The highest BCUT2D eigenvalue weighted by Crippen LogP contribution is 2.24. The number of nitrogens with zero attached hydrogens (tertiary/aromatic N) is 2. The van der Waals surface area contributed by atoms with E-state index in [0.29, 0.717) is 17.0 Å². The van der Waals surface area contributed by atoms with Gasteiger partial charge >= 0.3 is 0 Å². The lowest BCUT2D eigenvalue weighted by atomic mass is 10.1. The van der Waals surface area contributed by atoms with Crippen molar-refractivity contribution in [3.05, 3.63) is 84.1 Å². The summed E-state index contributed by atoms with van der Waals surface area (Å²) in [4.78, 5) is 25.3. The number of hydrogen-bond acceptors (Lipinski definition) is 7. The number of furan rings is 1. The van der Waals surface area contributed by atoms with Crippen molar-refractivity contribution < 1.29 is 18.4 Å². The first kappa shape index (κ1) is 21.4. The van der Waals surface area contributed by atoms with Gasteiger partial charge in [-0.2, -0.15) is 0 Å². The summed E-state index contributed by atoms with van der Waals surface area (Å²) in [5, 5.41) is 13.8. The van der Waals surface area contributed by atoms with E-state index >= 15 is 0 Å². The maximum absolute atomic E-state index is 12.8. The molecule has 0 aliphatic heterocycles. The van der Waals surface area contributed by atoms with Gasteiger partial charge in [0.2, 0.25) is 5.91 Å². The van der Waals surface area contributed by atoms with Crippen LogP contribution in [0.5, 0.6) is 0 Å². The second kappa shape index (κ2) is 9.97. The summed E-state index contributed by atoms with van der Waals surface area (Å²) in [6.07, 6.45) is 1.51. The van der Waals surface area contributed by atoms with Gasteiger partial charge in [0, 0.05) is 0 Å². The molecule has 2 aromatic carbocycles. The number of carbonyl (C=O) groups is 2. The Hall–Kier alpha value is -3.85. The highest BCUT2D eigenvalue weighted by atomic mass is 32.2. The minimum atomic E-state index is -0.302. The van der Waals surface area contributed by atoms with E-state index in [2.05, 4.69) is 20.8 Å². The molecule has 2 amide bonds. The quantitative estimate of drug-likeness (QED) is 0.380. The van der Waals surface area contributed by atoms with Crippen LogP contribution in [-0.2, 0) is 4.79 Å². The molecule has 2 N–H and O–H groups in total. The van der Waals surface area contributed by atoms with Crippen molar-refractivity contribution in [2.45, 2.75) is 18.2 Å². The fourth-order valence-corrected chi connectivity index (χ4v) is 3.53. The Kier molecular flexibility index (Phi) is 6.66. The molecule has 0 bridgehead atoms. The summed E-state index contributed by atoms with van der Waals surface area (Å²) in [5.74, 6) is 0.163. The maximum atomic E-state index is 12.8. The van der Waals surface area contributed by atoms with Crippen LogP contribution in [0.4, 0.5) is 5.69 Å². The molecule has 2 aromatic heterocycles. The number of amides is 2. The number of benzene rings is 2. The first-order chi connectivity index (χ1) is 15.6. The van der Waals surface area contributed by atoms with Gasteiger partial charge in [-0.15, -0.1) is 10.2 Å². The summed E-state index contributed by atoms with van der Waals surface area (Å²) >= 11 is 1.09. The first-order valence-electron chi connectivity index (χ1n) is 9.85.